The molecule has 0 unspecified atom stereocenters. The maximum atomic E-state index is 13.0. The summed E-state index contributed by atoms with van der Waals surface area (Å²) in [4.78, 5) is 3.83. The molecule has 0 fully saturated rings. The minimum absolute atomic E-state index is 0.0586. The molecule has 0 amide bonds. The van der Waals surface area contributed by atoms with Gasteiger partial charge in [0.2, 0.25) is 0 Å². The second kappa shape index (κ2) is 3.09. The molecule has 0 spiro atoms. The van der Waals surface area contributed by atoms with Gasteiger partial charge in [-0.2, -0.15) is 0 Å². The van der Waals surface area contributed by atoms with Crippen molar-refractivity contribution < 1.29 is 13.2 Å². The van der Waals surface area contributed by atoms with E-state index in [1.54, 1.807) is 0 Å². The van der Waals surface area contributed by atoms with Gasteiger partial charge in [0.15, 0.2) is 20.5 Å². The Labute approximate surface area is 88.7 Å². The quantitative estimate of drug-likeness (QED) is 0.537. The molecule has 0 atom stereocenters. The summed E-state index contributed by atoms with van der Waals surface area (Å²) in [5.41, 5.74) is 0.158. The van der Waals surface area contributed by atoms with Gasteiger partial charge in [-0.05, 0) is 22.6 Å². The molecule has 0 aliphatic carbocycles. The molecule has 0 N–H and O–H groups in total. The van der Waals surface area contributed by atoms with E-state index < -0.39 is 17.5 Å². The number of hydrogen-bond acceptors (Lipinski definition) is 2. The van der Waals surface area contributed by atoms with Gasteiger partial charge in [-0.15, -0.1) is 11.3 Å². The molecule has 0 saturated carbocycles. The van der Waals surface area contributed by atoms with Gasteiger partial charge in [0.25, 0.3) is 0 Å². The number of hydrogen-bond donors (Lipinski definition) is 0. The van der Waals surface area contributed by atoms with E-state index in [-0.39, 0.29) is 10.2 Å². The monoisotopic (exact) mass is 315 g/mol. The summed E-state index contributed by atoms with van der Waals surface area (Å²) in [6.45, 7) is 0. The smallest absolute Gasteiger partial charge is 0.196 e. The second-order valence-corrected chi connectivity index (χ2v) is 5.05. The van der Waals surface area contributed by atoms with E-state index in [1.807, 2.05) is 22.6 Å². The highest BCUT2D eigenvalue weighted by atomic mass is 127. The van der Waals surface area contributed by atoms with Gasteiger partial charge in [-0.3, -0.25) is 0 Å². The first-order valence-electron chi connectivity index (χ1n) is 3.19. The first kappa shape index (κ1) is 9.20. The molecule has 2 aromatic rings. The minimum atomic E-state index is -1.44. The lowest BCUT2D eigenvalue weighted by molar-refractivity contribution is 0.454. The molecule has 1 heterocycles. The van der Waals surface area contributed by atoms with E-state index >= 15 is 0 Å². The van der Waals surface area contributed by atoms with E-state index in [0.29, 0.717) is 3.01 Å². The van der Waals surface area contributed by atoms with Gasteiger partial charge < -0.3 is 0 Å². The second-order valence-electron chi connectivity index (χ2n) is 2.30. The molecular weight excluding hydrogens is 314 g/mol. The van der Waals surface area contributed by atoms with E-state index in [2.05, 4.69) is 4.98 Å². The van der Waals surface area contributed by atoms with Crippen molar-refractivity contribution in [2.24, 2.45) is 0 Å². The largest absolute Gasteiger partial charge is 0.230 e. The Bertz CT molecular complexity index is 482. The molecule has 6 heteroatoms. The average Bonchev–Trinajstić information content (AvgIpc) is 2.42. The maximum absolute atomic E-state index is 13.0. The molecule has 0 radical (unpaired) electrons. The van der Waals surface area contributed by atoms with Crippen LogP contribution in [-0.4, -0.2) is 4.98 Å². The molecule has 1 aromatic heterocycles. The third kappa shape index (κ3) is 1.41. The Hall–Kier alpha value is -0.370. The fourth-order valence-corrected chi connectivity index (χ4v) is 2.57. The van der Waals surface area contributed by atoms with Crippen LogP contribution < -0.4 is 0 Å². The molecule has 13 heavy (non-hydrogen) atoms. The average molecular weight is 315 g/mol. The number of thiazole rings is 1. The Kier molecular flexibility index (Phi) is 2.18. The highest BCUT2D eigenvalue weighted by Gasteiger charge is 2.16. The van der Waals surface area contributed by atoms with E-state index in [1.165, 1.54) is 0 Å². The zero-order valence-corrected chi connectivity index (χ0v) is 8.92. The molecule has 68 valence electrons. The lowest BCUT2D eigenvalue weighted by Gasteiger charge is -1.94. The zero-order chi connectivity index (χ0) is 9.59. The molecule has 2 rings (SSSR count). The summed E-state index contributed by atoms with van der Waals surface area (Å²) in [6, 6.07) is 0.895. The lowest BCUT2D eigenvalue weighted by Crippen LogP contribution is -1.89. The van der Waals surface area contributed by atoms with Gasteiger partial charge >= 0.3 is 0 Å². The van der Waals surface area contributed by atoms with E-state index in [4.69, 9.17) is 0 Å². The highest BCUT2D eigenvalue weighted by molar-refractivity contribution is 14.1. The van der Waals surface area contributed by atoms with Crippen molar-refractivity contribution in [1.29, 1.82) is 0 Å². The van der Waals surface area contributed by atoms with Crippen molar-refractivity contribution in [1.82, 2.24) is 4.98 Å². The SMILES string of the molecule is Fc1cc2nc(I)sc2c(F)c1F. The van der Waals surface area contributed by atoms with E-state index in [9.17, 15) is 13.2 Å². The van der Waals surface area contributed by atoms with Crippen LogP contribution in [-0.2, 0) is 0 Å². The predicted molar refractivity (Wildman–Crippen MR) is 52.2 cm³/mol. The van der Waals surface area contributed by atoms with Gasteiger partial charge in [-0.25, -0.2) is 18.2 Å². The highest BCUT2D eigenvalue weighted by Crippen LogP contribution is 2.28. The van der Waals surface area contributed by atoms with Crippen molar-refractivity contribution in [2.45, 2.75) is 0 Å². The summed E-state index contributed by atoms with van der Waals surface area (Å²) in [7, 11) is 0. The molecule has 0 aliphatic rings. The molecule has 0 aliphatic heterocycles. The Morgan fingerprint density at radius 1 is 1.23 bits per heavy atom. The number of benzene rings is 1. The van der Waals surface area contributed by atoms with Crippen LogP contribution in [0.15, 0.2) is 6.07 Å². The molecule has 1 aromatic carbocycles. The Morgan fingerprint density at radius 3 is 2.62 bits per heavy atom. The van der Waals surface area contributed by atoms with Crippen LogP contribution in [0.1, 0.15) is 0 Å². The van der Waals surface area contributed by atoms with Crippen molar-refractivity contribution in [2.75, 3.05) is 0 Å². The fraction of sp³-hybridized carbons (Fsp3) is 0. The van der Waals surface area contributed by atoms with Gasteiger partial charge in [0.05, 0.1) is 10.2 Å². The van der Waals surface area contributed by atoms with Crippen LogP contribution >= 0.6 is 33.9 Å². The zero-order valence-electron chi connectivity index (χ0n) is 5.94. The van der Waals surface area contributed by atoms with Gasteiger partial charge in [0, 0.05) is 6.07 Å². The fourth-order valence-electron chi connectivity index (χ4n) is 0.948. The molecular formula is C7HF3INS. The first-order chi connectivity index (χ1) is 6.09. The van der Waals surface area contributed by atoms with Gasteiger partial charge in [0.1, 0.15) is 0 Å². The molecule has 1 nitrogen and oxygen atoms in total. The van der Waals surface area contributed by atoms with Crippen LogP contribution in [0.3, 0.4) is 0 Å². The summed E-state index contributed by atoms with van der Waals surface area (Å²) < 4.78 is 39.0. The summed E-state index contributed by atoms with van der Waals surface area (Å²) >= 11 is 2.86. The summed E-state index contributed by atoms with van der Waals surface area (Å²) in [6.07, 6.45) is 0. The molecule has 0 saturated heterocycles. The van der Waals surface area contributed by atoms with Crippen LogP contribution in [0.2, 0.25) is 0 Å². The number of fused-ring (bicyclic) bond motifs is 1. The number of nitrogens with zero attached hydrogens (tertiary/aromatic N) is 1. The Balaban J connectivity index is 2.92. The lowest BCUT2D eigenvalue weighted by atomic mass is 10.3. The number of aromatic nitrogens is 1. The number of rotatable bonds is 0. The van der Waals surface area contributed by atoms with Crippen LogP contribution in [0.25, 0.3) is 10.2 Å². The molecule has 0 bridgehead atoms. The summed E-state index contributed by atoms with van der Waals surface area (Å²) in [5, 5.41) is 0. The van der Waals surface area contributed by atoms with Crippen molar-refractivity contribution in [3.05, 3.63) is 26.5 Å². The van der Waals surface area contributed by atoms with Crippen molar-refractivity contribution in [3.63, 3.8) is 0 Å². The topological polar surface area (TPSA) is 12.9 Å². The van der Waals surface area contributed by atoms with Crippen molar-refractivity contribution >= 4 is 44.1 Å². The van der Waals surface area contributed by atoms with Crippen molar-refractivity contribution in [3.8, 4) is 0 Å². The first-order valence-corrected chi connectivity index (χ1v) is 5.08. The third-order valence-corrected chi connectivity index (χ3v) is 3.25. The minimum Gasteiger partial charge on any atom is -0.230 e. The van der Waals surface area contributed by atoms with Crippen LogP contribution in [0.5, 0.6) is 0 Å². The normalized spacial score (nSPS) is 11.1. The Morgan fingerprint density at radius 2 is 1.92 bits per heavy atom. The van der Waals surface area contributed by atoms with Crippen LogP contribution in [0, 0.1) is 20.5 Å². The van der Waals surface area contributed by atoms with Crippen LogP contribution in [0.4, 0.5) is 13.2 Å². The summed E-state index contributed by atoms with van der Waals surface area (Å²) in [5.74, 6) is -3.80. The number of halogens is 4. The van der Waals surface area contributed by atoms with Gasteiger partial charge in [-0.1, -0.05) is 0 Å². The van der Waals surface area contributed by atoms with E-state index in [0.717, 1.165) is 17.4 Å². The standard InChI is InChI=1S/C7HF3INS/c8-2-1-3-6(5(10)4(2)9)13-7(11)12-3/h1H. The third-order valence-electron chi connectivity index (χ3n) is 1.49. The maximum Gasteiger partial charge on any atom is 0.196 e. The predicted octanol–water partition coefficient (Wildman–Crippen LogP) is 3.32.